The maximum atomic E-state index is 6.09. The SMILES string of the molecule is CC(C)(C)O[C@H]1C[C@H](CN2CCN(CC3CCN(C(C)(C)C)CC3)CC2)C1. The van der Waals surface area contributed by atoms with E-state index in [1.807, 2.05) is 0 Å². The highest BCUT2D eigenvalue weighted by Gasteiger charge is 2.34. The van der Waals surface area contributed by atoms with Gasteiger partial charge in [-0.05, 0) is 92.2 Å². The lowest BCUT2D eigenvalue weighted by molar-refractivity contribution is -0.116. The number of nitrogens with zero attached hydrogens (tertiary/aromatic N) is 3. The Morgan fingerprint density at radius 1 is 0.704 bits per heavy atom. The van der Waals surface area contributed by atoms with Crippen molar-refractivity contribution in [3.63, 3.8) is 0 Å². The molecule has 0 spiro atoms. The van der Waals surface area contributed by atoms with Crippen LogP contribution in [-0.2, 0) is 4.74 Å². The van der Waals surface area contributed by atoms with Crippen molar-refractivity contribution in [3.05, 3.63) is 0 Å². The zero-order valence-corrected chi connectivity index (χ0v) is 19.0. The molecule has 0 amide bonds. The molecule has 4 nitrogen and oxygen atoms in total. The Kier molecular flexibility index (Phi) is 6.93. The van der Waals surface area contributed by atoms with E-state index >= 15 is 0 Å². The minimum absolute atomic E-state index is 0.0181. The van der Waals surface area contributed by atoms with Gasteiger partial charge in [0.15, 0.2) is 0 Å². The Balaban J connectivity index is 1.28. The first-order valence-electron chi connectivity index (χ1n) is 11.5. The van der Waals surface area contributed by atoms with Gasteiger partial charge >= 0.3 is 0 Å². The molecule has 0 aromatic carbocycles. The molecule has 0 radical (unpaired) electrons. The van der Waals surface area contributed by atoms with Crippen LogP contribution in [0.3, 0.4) is 0 Å². The van der Waals surface area contributed by atoms with Crippen LogP contribution in [0.5, 0.6) is 0 Å². The van der Waals surface area contributed by atoms with Crippen LogP contribution >= 0.6 is 0 Å². The second-order valence-electron chi connectivity index (χ2n) is 11.4. The highest BCUT2D eigenvalue weighted by molar-refractivity contribution is 4.87. The van der Waals surface area contributed by atoms with Gasteiger partial charge in [0.2, 0.25) is 0 Å². The maximum absolute atomic E-state index is 6.09. The normalized spacial score (nSPS) is 30.4. The topological polar surface area (TPSA) is 19.0 Å². The van der Waals surface area contributed by atoms with Gasteiger partial charge in [-0.3, -0.25) is 4.90 Å². The number of hydrogen-bond acceptors (Lipinski definition) is 4. The highest BCUT2D eigenvalue weighted by atomic mass is 16.5. The second-order valence-corrected chi connectivity index (χ2v) is 11.4. The zero-order valence-electron chi connectivity index (χ0n) is 19.0. The molecule has 27 heavy (non-hydrogen) atoms. The van der Waals surface area contributed by atoms with Crippen molar-refractivity contribution < 1.29 is 4.74 Å². The molecule has 2 heterocycles. The summed E-state index contributed by atoms with van der Waals surface area (Å²) < 4.78 is 6.09. The van der Waals surface area contributed by atoms with E-state index in [2.05, 4.69) is 56.2 Å². The molecule has 0 unspecified atom stereocenters. The zero-order chi connectivity index (χ0) is 19.7. The molecule has 3 fully saturated rings. The molecule has 2 saturated heterocycles. The van der Waals surface area contributed by atoms with Crippen LogP contribution in [0.25, 0.3) is 0 Å². The Hall–Kier alpha value is -0.160. The van der Waals surface area contributed by atoms with Gasteiger partial charge < -0.3 is 14.5 Å². The van der Waals surface area contributed by atoms with Gasteiger partial charge in [-0.15, -0.1) is 0 Å². The Morgan fingerprint density at radius 2 is 1.19 bits per heavy atom. The summed E-state index contributed by atoms with van der Waals surface area (Å²) in [5, 5.41) is 0. The molecule has 1 aliphatic carbocycles. The monoisotopic (exact) mass is 379 g/mol. The van der Waals surface area contributed by atoms with Gasteiger partial charge in [-0.25, -0.2) is 0 Å². The third kappa shape index (κ3) is 6.69. The molecule has 1 saturated carbocycles. The van der Waals surface area contributed by atoms with Gasteiger partial charge in [-0.1, -0.05) is 0 Å². The second kappa shape index (κ2) is 8.69. The number of rotatable bonds is 5. The lowest BCUT2D eigenvalue weighted by Gasteiger charge is -2.44. The highest BCUT2D eigenvalue weighted by Crippen LogP contribution is 2.33. The van der Waals surface area contributed by atoms with E-state index < -0.39 is 0 Å². The van der Waals surface area contributed by atoms with Crippen molar-refractivity contribution >= 4 is 0 Å². The third-order valence-corrected chi connectivity index (χ3v) is 6.77. The lowest BCUT2D eigenvalue weighted by Crippen LogP contribution is -2.52. The van der Waals surface area contributed by atoms with E-state index in [0.29, 0.717) is 11.6 Å². The smallest absolute Gasteiger partial charge is 0.0602 e. The summed E-state index contributed by atoms with van der Waals surface area (Å²) in [6, 6.07) is 0. The molecule has 2 aliphatic heterocycles. The van der Waals surface area contributed by atoms with Gasteiger partial charge in [-0.2, -0.15) is 0 Å². The molecule has 3 aliphatic rings. The van der Waals surface area contributed by atoms with Crippen LogP contribution < -0.4 is 0 Å². The number of hydrogen-bond donors (Lipinski definition) is 0. The Bertz CT molecular complexity index is 445. The predicted molar refractivity (Wildman–Crippen MR) is 114 cm³/mol. The summed E-state index contributed by atoms with van der Waals surface area (Å²) >= 11 is 0. The van der Waals surface area contributed by atoms with Gasteiger partial charge in [0.1, 0.15) is 0 Å². The first-order valence-corrected chi connectivity index (χ1v) is 11.5. The molecular weight excluding hydrogens is 334 g/mol. The van der Waals surface area contributed by atoms with Crippen molar-refractivity contribution in [1.82, 2.24) is 14.7 Å². The number of ether oxygens (including phenoxy) is 1. The maximum Gasteiger partial charge on any atom is 0.0602 e. The summed E-state index contributed by atoms with van der Waals surface area (Å²) in [6.45, 7) is 23.8. The van der Waals surface area contributed by atoms with Crippen LogP contribution in [0.15, 0.2) is 0 Å². The summed E-state index contributed by atoms with van der Waals surface area (Å²) in [6.07, 6.45) is 5.81. The number of piperazine rings is 1. The van der Waals surface area contributed by atoms with Crippen LogP contribution in [-0.4, -0.2) is 84.3 Å². The third-order valence-electron chi connectivity index (χ3n) is 6.77. The van der Waals surface area contributed by atoms with E-state index in [-0.39, 0.29) is 5.60 Å². The van der Waals surface area contributed by atoms with E-state index in [1.54, 1.807) is 0 Å². The molecule has 0 bridgehead atoms. The van der Waals surface area contributed by atoms with Crippen LogP contribution in [0.2, 0.25) is 0 Å². The van der Waals surface area contributed by atoms with Crippen molar-refractivity contribution in [2.24, 2.45) is 11.8 Å². The standard InChI is InChI=1S/C23H45N3O/c1-22(2,3)26-9-7-19(8-10-26)17-24-11-13-25(14-12-24)18-20-15-21(16-20)27-23(4,5)6/h19-21H,7-18H2,1-6H3/t20-,21-. The summed E-state index contributed by atoms with van der Waals surface area (Å²) in [4.78, 5) is 8.10. The minimum Gasteiger partial charge on any atom is -0.373 e. The fourth-order valence-electron chi connectivity index (χ4n) is 5.09. The fraction of sp³-hybridized carbons (Fsp3) is 1.00. The minimum atomic E-state index is 0.0181. The first kappa shape index (κ1) is 21.5. The van der Waals surface area contributed by atoms with Gasteiger partial charge in [0, 0.05) is 44.8 Å². The van der Waals surface area contributed by atoms with Gasteiger partial charge in [0.25, 0.3) is 0 Å². The summed E-state index contributed by atoms with van der Waals surface area (Å²) in [7, 11) is 0. The molecule has 3 rings (SSSR count). The van der Waals surface area contributed by atoms with E-state index in [4.69, 9.17) is 4.74 Å². The molecular formula is C23H45N3O. The molecule has 0 aromatic heterocycles. The Labute approximate surface area is 168 Å². The summed E-state index contributed by atoms with van der Waals surface area (Å²) in [5.74, 6) is 1.78. The quantitative estimate of drug-likeness (QED) is 0.725. The fourth-order valence-corrected chi connectivity index (χ4v) is 5.09. The van der Waals surface area contributed by atoms with E-state index in [9.17, 15) is 0 Å². The largest absolute Gasteiger partial charge is 0.373 e. The lowest BCUT2D eigenvalue weighted by atomic mass is 9.81. The van der Waals surface area contributed by atoms with Crippen LogP contribution in [0.1, 0.15) is 67.2 Å². The molecule has 0 atom stereocenters. The van der Waals surface area contributed by atoms with E-state index in [0.717, 1.165) is 11.8 Å². The van der Waals surface area contributed by atoms with Crippen molar-refractivity contribution in [2.75, 3.05) is 52.4 Å². The molecule has 0 N–H and O–H groups in total. The number of likely N-dealkylation sites (tertiary alicyclic amines) is 1. The molecule has 0 aromatic rings. The van der Waals surface area contributed by atoms with Crippen molar-refractivity contribution in [2.45, 2.75) is 84.5 Å². The summed E-state index contributed by atoms with van der Waals surface area (Å²) in [5.41, 5.74) is 0.360. The average molecular weight is 380 g/mol. The Morgan fingerprint density at radius 3 is 1.63 bits per heavy atom. The predicted octanol–water partition coefficient (Wildman–Crippen LogP) is 3.71. The average Bonchev–Trinajstić information content (AvgIpc) is 2.53. The number of piperidine rings is 1. The molecule has 158 valence electrons. The first-order chi connectivity index (χ1) is 12.6. The van der Waals surface area contributed by atoms with Crippen molar-refractivity contribution in [1.29, 1.82) is 0 Å². The molecule has 4 heteroatoms. The van der Waals surface area contributed by atoms with Crippen LogP contribution in [0.4, 0.5) is 0 Å². The van der Waals surface area contributed by atoms with Crippen LogP contribution in [0, 0.1) is 11.8 Å². The van der Waals surface area contributed by atoms with Crippen molar-refractivity contribution in [3.8, 4) is 0 Å². The van der Waals surface area contributed by atoms with E-state index in [1.165, 1.54) is 78.0 Å². The van der Waals surface area contributed by atoms with Gasteiger partial charge in [0.05, 0.1) is 11.7 Å².